The Bertz CT molecular complexity index is 971. The number of H-pyrrole nitrogens is 1. The quantitative estimate of drug-likeness (QED) is 0.736. The largest absolute Gasteiger partial charge is 0.435 e. The van der Waals surface area contributed by atoms with Crippen molar-refractivity contribution in [1.82, 2.24) is 20.1 Å². The molecule has 6 nitrogen and oxygen atoms in total. The number of rotatable bonds is 4. The van der Waals surface area contributed by atoms with Gasteiger partial charge < -0.3 is 9.32 Å². The van der Waals surface area contributed by atoms with Crippen molar-refractivity contribution < 1.29 is 9.21 Å². The lowest BCUT2D eigenvalue weighted by molar-refractivity contribution is 0.0671. The van der Waals surface area contributed by atoms with Gasteiger partial charge in [-0.15, -0.1) is 0 Å². The van der Waals surface area contributed by atoms with E-state index in [0.29, 0.717) is 30.3 Å². The number of carbonyl (C=O) groups is 1. The number of benzene rings is 1. The maximum atomic E-state index is 13.0. The molecule has 3 heterocycles. The summed E-state index contributed by atoms with van der Waals surface area (Å²) >= 11 is 0. The molecule has 0 saturated carbocycles. The van der Waals surface area contributed by atoms with Crippen LogP contribution in [0.1, 0.15) is 59.1 Å². The van der Waals surface area contributed by atoms with E-state index in [1.165, 1.54) is 5.56 Å². The highest BCUT2D eigenvalue weighted by molar-refractivity contribution is 5.92. The maximum absolute atomic E-state index is 13.0. The number of oxazole rings is 1. The Balaban J connectivity index is 1.56. The molecule has 1 N–H and O–H groups in total. The number of nitrogens with one attached hydrogen (secondary N) is 1. The standard InChI is InChI=1S/C22H26N4O2/c1-4-19-24-15(3)21(28-19)22(27)26-11-5-6-17(13-26)20-18(12-23-25-20)16-9-7-14(2)8-10-16/h7-10,12,17H,4-6,11,13H2,1-3H3,(H,23,25)/t17-/m0/s1. The van der Waals surface area contributed by atoms with Crippen LogP contribution >= 0.6 is 0 Å². The van der Waals surface area contributed by atoms with Gasteiger partial charge in [0.05, 0.1) is 11.9 Å². The van der Waals surface area contributed by atoms with Crippen LogP contribution in [0, 0.1) is 13.8 Å². The fourth-order valence-electron chi connectivity index (χ4n) is 3.91. The van der Waals surface area contributed by atoms with Gasteiger partial charge in [0.15, 0.2) is 5.89 Å². The van der Waals surface area contributed by atoms with Gasteiger partial charge in [-0.1, -0.05) is 36.8 Å². The van der Waals surface area contributed by atoms with Gasteiger partial charge in [0, 0.05) is 36.7 Å². The van der Waals surface area contributed by atoms with E-state index in [-0.39, 0.29) is 11.8 Å². The van der Waals surface area contributed by atoms with Gasteiger partial charge in [0.1, 0.15) is 0 Å². The van der Waals surface area contributed by atoms with Gasteiger partial charge in [0.25, 0.3) is 5.91 Å². The van der Waals surface area contributed by atoms with E-state index < -0.39 is 0 Å². The summed E-state index contributed by atoms with van der Waals surface area (Å²) < 4.78 is 5.69. The maximum Gasteiger partial charge on any atom is 0.291 e. The summed E-state index contributed by atoms with van der Waals surface area (Å²) in [4.78, 5) is 19.3. The predicted molar refractivity (Wildman–Crippen MR) is 107 cm³/mol. The molecular weight excluding hydrogens is 352 g/mol. The SMILES string of the molecule is CCc1nc(C)c(C(=O)N2CCC[C@H](c3[nH]ncc3-c3ccc(C)cc3)C2)o1. The average molecular weight is 378 g/mol. The lowest BCUT2D eigenvalue weighted by Gasteiger charge is -2.32. The van der Waals surface area contributed by atoms with Crippen LogP contribution in [0.15, 0.2) is 34.9 Å². The van der Waals surface area contributed by atoms with Crippen molar-refractivity contribution in [2.75, 3.05) is 13.1 Å². The van der Waals surface area contributed by atoms with Crippen LogP contribution < -0.4 is 0 Å². The first-order chi connectivity index (χ1) is 13.6. The second-order valence-electron chi connectivity index (χ2n) is 7.53. The van der Waals surface area contributed by atoms with E-state index in [4.69, 9.17) is 4.42 Å². The van der Waals surface area contributed by atoms with Crippen LogP contribution in [0.25, 0.3) is 11.1 Å². The first-order valence-electron chi connectivity index (χ1n) is 9.92. The first-order valence-corrected chi connectivity index (χ1v) is 9.92. The summed E-state index contributed by atoms with van der Waals surface area (Å²) in [6.07, 6.45) is 4.55. The zero-order valence-electron chi connectivity index (χ0n) is 16.7. The predicted octanol–water partition coefficient (Wildman–Crippen LogP) is 4.26. The van der Waals surface area contributed by atoms with Gasteiger partial charge in [-0.3, -0.25) is 9.89 Å². The van der Waals surface area contributed by atoms with Gasteiger partial charge in [-0.25, -0.2) is 4.98 Å². The Morgan fingerprint density at radius 1 is 1.29 bits per heavy atom. The molecule has 6 heteroatoms. The van der Waals surface area contributed by atoms with Crippen LogP contribution in [0.5, 0.6) is 0 Å². The summed E-state index contributed by atoms with van der Waals surface area (Å²) in [7, 11) is 0. The molecule has 0 spiro atoms. The monoisotopic (exact) mass is 378 g/mol. The minimum absolute atomic E-state index is 0.0641. The fourth-order valence-corrected chi connectivity index (χ4v) is 3.91. The molecule has 1 saturated heterocycles. The fraction of sp³-hybridized carbons (Fsp3) is 0.409. The highest BCUT2D eigenvalue weighted by atomic mass is 16.4. The van der Waals surface area contributed by atoms with Crippen LogP contribution in [0.2, 0.25) is 0 Å². The van der Waals surface area contributed by atoms with Gasteiger partial charge in [-0.2, -0.15) is 5.10 Å². The zero-order valence-corrected chi connectivity index (χ0v) is 16.7. The third kappa shape index (κ3) is 3.46. The smallest absolute Gasteiger partial charge is 0.291 e. The molecule has 0 aliphatic carbocycles. The molecule has 1 atom stereocenters. The molecule has 1 aliphatic heterocycles. The van der Waals surface area contributed by atoms with E-state index >= 15 is 0 Å². The minimum Gasteiger partial charge on any atom is -0.435 e. The van der Waals surface area contributed by atoms with Gasteiger partial charge in [0.2, 0.25) is 5.76 Å². The van der Waals surface area contributed by atoms with Crippen molar-refractivity contribution >= 4 is 5.91 Å². The molecule has 1 aromatic carbocycles. The number of piperidine rings is 1. The van der Waals surface area contributed by atoms with E-state index in [1.54, 1.807) is 0 Å². The number of aromatic amines is 1. The summed E-state index contributed by atoms with van der Waals surface area (Å²) in [5.74, 6) is 1.15. The first kappa shape index (κ1) is 18.5. The molecule has 0 unspecified atom stereocenters. The second-order valence-corrected chi connectivity index (χ2v) is 7.53. The minimum atomic E-state index is -0.0641. The highest BCUT2D eigenvalue weighted by Gasteiger charge is 2.30. The number of aromatic nitrogens is 3. The van der Waals surface area contributed by atoms with Crippen molar-refractivity contribution in [3.8, 4) is 11.1 Å². The van der Waals surface area contributed by atoms with Crippen molar-refractivity contribution in [3.05, 3.63) is 59.1 Å². The molecule has 1 fully saturated rings. The molecule has 1 amide bonds. The molecule has 1 aliphatic rings. The normalized spacial score (nSPS) is 17.1. The highest BCUT2D eigenvalue weighted by Crippen LogP contribution is 2.33. The Labute approximate surface area is 165 Å². The molecule has 0 bridgehead atoms. The van der Waals surface area contributed by atoms with Crippen LogP contribution in [-0.2, 0) is 6.42 Å². The number of likely N-dealkylation sites (tertiary alicyclic amines) is 1. The van der Waals surface area contributed by atoms with Crippen LogP contribution in [0.3, 0.4) is 0 Å². The molecule has 146 valence electrons. The van der Waals surface area contributed by atoms with Crippen molar-refractivity contribution in [2.45, 2.75) is 46.0 Å². The third-order valence-corrected chi connectivity index (χ3v) is 5.49. The van der Waals surface area contributed by atoms with E-state index in [9.17, 15) is 4.79 Å². The van der Waals surface area contributed by atoms with Gasteiger partial charge in [-0.05, 0) is 32.3 Å². The Morgan fingerprint density at radius 3 is 2.79 bits per heavy atom. The Hall–Kier alpha value is -2.89. The number of hydrogen-bond donors (Lipinski definition) is 1. The lowest BCUT2D eigenvalue weighted by Crippen LogP contribution is -2.39. The summed E-state index contributed by atoms with van der Waals surface area (Å²) in [6.45, 7) is 7.29. The number of carbonyl (C=O) groups excluding carboxylic acids is 1. The van der Waals surface area contributed by atoms with Crippen LogP contribution in [0.4, 0.5) is 0 Å². The molecule has 0 radical (unpaired) electrons. The number of amides is 1. The van der Waals surface area contributed by atoms with Crippen molar-refractivity contribution in [1.29, 1.82) is 0 Å². The van der Waals surface area contributed by atoms with E-state index in [0.717, 1.165) is 36.2 Å². The summed E-state index contributed by atoms with van der Waals surface area (Å²) in [5.41, 5.74) is 5.27. The summed E-state index contributed by atoms with van der Waals surface area (Å²) in [6, 6.07) is 8.47. The Morgan fingerprint density at radius 2 is 2.07 bits per heavy atom. The number of hydrogen-bond acceptors (Lipinski definition) is 4. The van der Waals surface area contributed by atoms with Gasteiger partial charge >= 0.3 is 0 Å². The van der Waals surface area contributed by atoms with E-state index in [2.05, 4.69) is 46.4 Å². The molecule has 2 aromatic heterocycles. The third-order valence-electron chi connectivity index (χ3n) is 5.49. The second kappa shape index (κ2) is 7.62. The topological polar surface area (TPSA) is 75.0 Å². The number of nitrogens with zero attached hydrogens (tertiary/aromatic N) is 3. The molecule has 3 aromatic rings. The van der Waals surface area contributed by atoms with E-state index in [1.807, 2.05) is 24.9 Å². The van der Waals surface area contributed by atoms with Crippen LogP contribution in [-0.4, -0.2) is 39.1 Å². The summed E-state index contributed by atoms with van der Waals surface area (Å²) in [5, 5.41) is 7.48. The van der Waals surface area contributed by atoms with Crippen molar-refractivity contribution in [3.63, 3.8) is 0 Å². The van der Waals surface area contributed by atoms with Crippen molar-refractivity contribution in [2.24, 2.45) is 0 Å². The Kier molecular flexibility index (Phi) is 5.03. The number of aryl methyl sites for hydroxylation is 3. The molecule has 28 heavy (non-hydrogen) atoms. The lowest BCUT2D eigenvalue weighted by atomic mass is 9.90. The average Bonchev–Trinajstić information content (AvgIpc) is 3.35. The molecule has 4 rings (SSSR count). The molecular formula is C22H26N4O2. The zero-order chi connectivity index (χ0) is 19.7.